The van der Waals surface area contributed by atoms with Gasteiger partial charge in [0.25, 0.3) is 5.56 Å². The van der Waals surface area contributed by atoms with Crippen LogP contribution >= 0.6 is 0 Å². The van der Waals surface area contributed by atoms with Crippen molar-refractivity contribution in [3.8, 4) is 5.69 Å². The van der Waals surface area contributed by atoms with E-state index in [9.17, 15) is 14.7 Å². The van der Waals surface area contributed by atoms with Crippen molar-refractivity contribution in [2.24, 2.45) is 0 Å². The Labute approximate surface area is 163 Å². The summed E-state index contributed by atoms with van der Waals surface area (Å²) in [7, 11) is 0. The average Bonchev–Trinajstić information content (AvgIpc) is 2.69. The molecule has 5 nitrogen and oxygen atoms in total. The Kier molecular flexibility index (Phi) is 5.87. The van der Waals surface area contributed by atoms with E-state index in [4.69, 9.17) is 0 Å². The van der Waals surface area contributed by atoms with Crippen LogP contribution < -0.4 is 5.56 Å². The summed E-state index contributed by atoms with van der Waals surface area (Å²) < 4.78 is 1.50. The highest BCUT2D eigenvalue weighted by Gasteiger charge is 2.23. The molecule has 0 bridgehead atoms. The summed E-state index contributed by atoms with van der Waals surface area (Å²) in [5, 5.41) is 10.8. The molecule has 0 amide bonds. The van der Waals surface area contributed by atoms with Crippen LogP contribution in [0.2, 0.25) is 0 Å². The first-order valence-corrected chi connectivity index (χ1v) is 8.98. The van der Waals surface area contributed by atoms with Crippen LogP contribution in [-0.2, 0) is 6.54 Å². The second kappa shape index (κ2) is 8.50. The molecule has 0 saturated heterocycles. The molecule has 28 heavy (non-hydrogen) atoms. The molecule has 0 radical (unpaired) electrons. The number of aromatic nitrogens is 1. The van der Waals surface area contributed by atoms with Gasteiger partial charge in [-0.05, 0) is 18.2 Å². The highest BCUT2D eigenvalue weighted by Crippen LogP contribution is 2.24. The fourth-order valence-electron chi connectivity index (χ4n) is 3.42. The minimum atomic E-state index is -1.06. The molecule has 3 aromatic rings. The Morgan fingerprint density at radius 1 is 0.964 bits per heavy atom. The lowest BCUT2D eigenvalue weighted by molar-refractivity contribution is 0.0696. The number of carboxylic acids is 1. The molecule has 0 unspecified atom stereocenters. The Balaban J connectivity index is 2.39. The Morgan fingerprint density at radius 3 is 2.11 bits per heavy atom. The van der Waals surface area contributed by atoms with E-state index < -0.39 is 5.97 Å². The van der Waals surface area contributed by atoms with Crippen molar-refractivity contribution in [1.82, 2.24) is 9.47 Å². The molecule has 1 aromatic heterocycles. The molecule has 2 aromatic carbocycles. The van der Waals surface area contributed by atoms with Crippen molar-refractivity contribution < 1.29 is 9.90 Å². The number of hydrogen-bond acceptors (Lipinski definition) is 3. The fraction of sp³-hybridized carbons (Fsp3) is 0.130. The van der Waals surface area contributed by atoms with E-state index in [1.807, 2.05) is 23.1 Å². The Hall–Kier alpha value is -3.44. The third kappa shape index (κ3) is 3.66. The number of benzene rings is 2. The highest BCUT2D eigenvalue weighted by molar-refractivity contribution is 6.04. The standard InChI is InChI=1S/C23H22N2O3/c1-3-14-24(15-4-2)16-20-21(23(27)28)18-12-8-9-13-19(18)22(26)25(20)17-10-6-5-7-11-17/h3-13H,1-2,14-16H2,(H,27,28). The number of hydrogen-bond donors (Lipinski definition) is 1. The van der Waals surface area contributed by atoms with Crippen LogP contribution in [0.3, 0.4) is 0 Å². The van der Waals surface area contributed by atoms with Crippen molar-refractivity contribution >= 4 is 16.7 Å². The summed E-state index contributed by atoms with van der Waals surface area (Å²) in [4.78, 5) is 27.6. The maximum absolute atomic E-state index is 13.3. The van der Waals surface area contributed by atoms with E-state index in [0.717, 1.165) is 0 Å². The zero-order valence-corrected chi connectivity index (χ0v) is 15.5. The molecule has 142 valence electrons. The van der Waals surface area contributed by atoms with Gasteiger partial charge in [-0.1, -0.05) is 48.6 Å². The Morgan fingerprint density at radius 2 is 1.54 bits per heavy atom. The fourth-order valence-corrected chi connectivity index (χ4v) is 3.42. The summed E-state index contributed by atoms with van der Waals surface area (Å²) in [6, 6.07) is 16.0. The van der Waals surface area contributed by atoms with E-state index in [1.165, 1.54) is 4.57 Å². The number of nitrogens with zero attached hydrogens (tertiary/aromatic N) is 2. The molecule has 1 N–H and O–H groups in total. The van der Waals surface area contributed by atoms with Gasteiger partial charge in [-0.15, -0.1) is 13.2 Å². The zero-order chi connectivity index (χ0) is 20.1. The number of fused-ring (bicyclic) bond motifs is 1. The van der Waals surface area contributed by atoms with Gasteiger partial charge in [-0.25, -0.2) is 4.79 Å². The van der Waals surface area contributed by atoms with Crippen LogP contribution in [0.1, 0.15) is 16.1 Å². The van der Waals surface area contributed by atoms with Crippen molar-refractivity contribution in [2.75, 3.05) is 13.1 Å². The van der Waals surface area contributed by atoms with Crippen LogP contribution in [0.15, 0.2) is 84.7 Å². The van der Waals surface area contributed by atoms with Gasteiger partial charge in [-0.2, -0.15) is 0 Å². The smallest absolute Gasteiger partial charge is 0.338 e. The normalized spacial score (nSPS) is 10.9. The SMILES string of the molecule is C=CCN(CC=C)Cc1c(C(=O)O)c2ccccc2c(=O)n1-c1ccccc1. The summed E-state index contributed by atoms with van der Waals surface area (Å²) in [5.41, 5.74) is 0.968. The van der Waals surface area contributed by atoms with Gasteiger partial charge in [0.05, 0.1) is 11.3 Å². The van der Waals surface area contributed by atoms with Gasteiger partial charge in [0.15, 0.2) is 0 Å². The molecule has 0 spiro atoms. The number of aromatic carboxylic acids is 1. The molecule has 0 aliphatic rings. The minimum Gasteiger partial charge on any atom is -0.478 e. The third-order valence-electron chi connectivity index (χ3n) is 4.56. The lowest BCUT2D eigenvalue weighted by Gasteiger charge is -2.24. The molecule has 0 fully saturated rings. The van der Waals surface area contributed by atoms with Gasteiger partial charge in [-0.3, -0.25) is 14.3 Å². The third-order valence-corrected chi connectivity index (χ3v) is 4.56. The maximum atomic E-state index is 13.3. The number of para-hydroxylation sites is 1. The van der Waals surface area contributed by atoms with Crippen LogP contribution in [-0.4, -0.2) is 33.6 Å². The predicted molar refractivity (Wildman–Crippen MR) is 112 cm³/mol. The first-order valence-electron chi connectivity index (χ1n) is 8.98. The van der Waals surface area contributed by atoms with E-state index in [0.29, 0.717) is 35.2 Å². The molecule has 1 heterocycles. The van der Waals surface area contributed by atoms with E-state index in [2.05, 4.69) is 13.2 Å². The quantitative estimate of drug-likeness (QED) is 0.608. The van der Waals surface area contributed by atoms with Gasteiger partial charge in [0.2, 0.25) is 0 Å². The van der Waals surface area contributed by atoms with E-state index in [-0.39, 0.29) is 17.7 Å². The van der Waals surface area contributed by atoms with Gasteiger partial charge >= 0.3 is 5.97 Å². The van der Waals surface area contributed by atoms with Crippen LogP contribution in [0, 0.1) is 0 Å². The predicted octanol–water partition coefficient (Wildman–Crippen LogP) is 3.86. The molecule has 0 aliphatic heterocycles. The van der Waals surface area contributed by atoms with Gasteiger partial charge in [0, 0.05) is 36.1 Å². The zero-order valence-electron chi connectivity index (χ0n) is 15.5. The summed E-state index contributed by atoms with van der Waals surface area (Å²) in [6.07, 6.45) is 3.49. The molecular formula is C23H22N2O3. The summed E-state index contributed by atoms with van der Waals surface area (Å²) in [6.45, 7) is 8.90. The summed E-state index contributed by atoms with van der Waals surface area (Å²) >= 11 is 0. The van der Waals surface area contributed by atoms with Crippen LogP contribution in [0.25, 0.3) is 16.5 Å². The number of carbonyl (C=O) groups is 1. The number of carboxylic acid groups (broad SMARTS) is 1. The van der Waals surface area contributed by atoms with Gasteiger partial charge in [0.1, 0.15) is 0 Å². The number of pyridine rings is 1. The van der Waals surface area contributed by atoms with Crippen molar-refractivity contribution in [1.29, 1.82) is 0 Å². The maximum Gasteiger partial charge on any atom is 0.338 e. The second-order valence-electron chi connectivity index (χ2n) is 6.42. The minimum absolute atomic E-state index is 0.136. The lowest BCUT2D eigenvalue weighted by atomic mass is 10.0. The lowest BCUT2D eigenvalue weighted by Crippen LogP contribution is -2.32. The van der Waals surface area contributed by atoms with E-state index >= 15 is 0 Å². The van der Waals surface area contributed by atoms with Crippen LogP contribution in [0.5, 0.6) is 0 Å². The largest absolute Gasteiger partial charge is 0.478 e. The first-order chi connectivity index (χ1) is 13.6. The molecule has 0 saturated carbocycles. The van der Waals surface area contributed by atoms with Crippen LogP contribution in [0.4, 0.5) is 0 Å². The molecule has 5 heteroatoms. The molecule has 3 rings (SSSR count). The molecular weight excluding hydrogens is 352 g/mol. The first kappa shape index (κ1) is 19.3. The topological polar surface area (TPSA) is 62.5 Å². The highest BCUT2D eigenvalue weighted by atomic mass is 16.4. The van der Waals surface area contributed by atoms with Gasteiger partial charge < -0.3 is 5.11 Å². The second-order valence-corrected chi connectivity index (χ2v) is 6.42. The summed E-state index contributed by atoms with van der Waals surface area (Å²) in [5.74, 6) is -1.06. The molecule has 0 atom stereocenters. The molecule has 0 aliphatic carbocycles. The number of rotatable bonds is 8. The van der Waals surface area contributed by atoms with E-state index in [1.54, 1.807) is 48.6 Å². The van der Waals surface area contributed by atoms with Crippen molar-refractivity contribution in [3.63, 3.8) is 0 Å². The average molecular weight is 374 g/mol. The van der Waals surface area contributed by atoms with Crippen molar-refractivity contribution in [3.05, 3.63) is 102 Å². The van der Waals surface area contributed by atoms with Crippen molar-refractivity contribution in [2.45, 2.75) is 6.54 Å². The monoisotopic (exact) mass is 374 g/mol. The Bertz CT molecular complexity index is 1070.